The molecule has 0 unspecified atom stereocenters. The Labute approximate surface area is 141 Å². The van der Waals surface area contributed by atoms with Crippen molar-refractivity contribution < 1.29 is 9.47 Å². The molecule has 2 rings (SSSR count). The summed E-state index contributed by atoms with van der Waals surface area (Å²) in [6, 6.07) is 15.1. The summed E-state index contributed by atoms with van der Waals surface area (Å²) in [5.74, 6) is 1.63. The van der Waals surface area contributed by atoms with Crippen LogP contribution in [0.1, 0.15) is 6.42 Å². The van der Waals surface area contributed by atoms with Crippen molar-refractivity contribution in [1.29, 1.82) is 0 Å². The average molecular weight is 340 g/mol. The number of benzene rings is 2. The molecule has 0 aliphatic heterocycles. The van der Waals surface area contributed by atoms with E-state index in [0.29, 0.717) is 23.3 Å². The number of nitrogens with one attached hydrogen (secondary N) is 1. The third kappa shape index (κ3) is 6.14. The van der Waals surface area contributed by atoms with E-state index < -0.39 is 0 Å². The van der Waals surface area contributed by atoms with E-state index in [2.05, 4.69) is 5.32 Å². The fourth-order valence-electron chi connectivity index (χ4n) is 1.84. The summed E-state index contributed by atoms with van der Waals surface area (Å²) in [7, 11) is 0. The van der Waals surface area contributed by atoms with Crippen LogP contribution in [0.5, 0.6) is 11.5 Å². The van der Waals surface area contributed by atoms with Gasteiger partial charge in [-0.25, -0.2) is 0 Å². The van der Waals surface area contributed by atoms with Crippen molar-refractivity contribution in [2.75, 3.05) is 26.3 Å². The second-order valence-corrected chi connectivity index (χ2v) is 5.50. The summed E-state index contributed by atoms with van der Waals surface area (Å²) >= 11 is 11.8. The largest absolute Gasteiger partial charge is 0.494 e. The molecule has 0 saturated carbocycles. The second-order valence-electron chi connectivity index (χ2n) is 4.69. The normalized spacial score (nSPS) is 10.5. The molecule has 3 nitrogen and oxygen atoms in total. The van der Waals surface area contributed by atoms with Crippen LogP contribution in [0.3, 0.4) is 0 Å². The highest BCUT2D eigenvalue weighted by Gasteiger charge is 2.00. The topological polar surface area (TPSA) is 30.5 Å². The van der Waals surface area contributed by atoms with Crippen molar-refractivity contribution in [3.63, 3.8) is 0 Å². The predicted octanol–water partition coefficient (Wildman–Crippen LogP) is 4.43. The molecule has 22 heavy (non-hydrogen) atoms. The maximum atomic E-state index is 5.92. The van der Waals surface area contributed by atoms with Crippen molar-refractivity contribution in [2.24, 2.45) is 0 Å². The highest BCUT2D eigenvalue weighted by Crippen LogP contribution is 2.26. The molecule has 0 radical (unpaired) electrons. The minimum Gasteiger partial charge on any atom is -0.494 e. The SMILES string of the molecule is Clc1ccc(OCCNCCCOc2ccccc2)cc1Cl. The van der Waals surface area contributed by atoms with E-state index in [4.69, 9.17) is 32.7 Å². The molecule has 0 heterocycles. The van der Waals surface area contributed by atoms with Gasteiger partial charge in [0.1, 0.15) is 18.1 Å². The molecule has 5 heteroatoms. The van der Waals surface area contributed by atoms with Gasteiger partial charge in [-0.3, -0.25) is 0 Å². The van der Waals surface area contributed by atoms with Gasteiger partial charge in [0.05, 0.1) is 16.7 Å². The van der Waals surface area contributed by atoms with E-state index in [9.17, 15) is 0 Å². The molecule has 0 spiro atoms. The number of para-hydroxylation sites is 1. The molecule has 118 valence electrons. The van der Waals surface area contributed by atoms with Gasteiger partial charge in [0, 0.05) is 12.6 Å². The van der Waals surface area contributed by atoms with Gasteiger partial charge in [-0.2, -0.15) is 0 Å². The Balaban J connectivity index is 1.50. The first kappa shape index (κ1) is 16.9. The average Bonchev–Trinajstić information content (AvgIpc) is 2.54. The van der Waals surface area contributed by atoms with Gasteiger partial charge in [0.15, 0.2) is 0 Å². The fourth-order valence-corrected chi connectivity index (χ4v) is 2.12. The Morgan fingerprint density at radius 1 is 0.773 bits per heavy atom. The lowest BCUT2D eigenvalue weighted by atomic mass is 10.3. The Morgan fingerprint density at radius 2 is 1.55 bits per heavy atom. The van der Waals surface area contributed by atoms with E-state index in [1.807, 2.05) is 36.4 Å². The summed E-state index contributed by atoms with van der Waals surface area (Å²) in [5.41, 5.74) is 0. The van der Waals surface area contributed by atoms with Gasteiger partial charge in [0.2, 0.25) is 0 Å². The molecule has 0 bridgehead atoms. The van der Waals surface area contributed by atoms with Crippen molar-refractivity contribution in [3.05, 3.63) is 58.6 Å². The van der Waals surface area contributed by atoms with Crippen molar-refractivity contribution in [1.82, 2.24) is 5.32 Å². The zero-order valence-electron chi connectivity index (χ0n) is 12.2. The lowest BCUT2D eigenvalue weighted by Gasteiger charge is -2.09. The Kier molecular flexibility index (Phi) is 7.37. The van der Waals surface area contributed by atoms with Crippen LogP contribution in [0.2, 0.25) is 10.0 Å². The first-order valence-corrected chi connectivity index (χ1v) is 7.98. The smallest absolute Gasteiger partial charge is 0.120 e. The van der Waals surface area contributed by atoms with Crippen LogP contribution in [0.15, 0.2) is 48.5 Å². The van der Waals surface area contributed by atoms with E-state index >= 15 is 0 Å². The van der Waals surface area contributed by atoms with Gasteiger partial charge >= 0.3 is 0 Å². The highest BCUT2D eigenvalue weighted by atomic mass is 35.5. The molecule has 0 aliphatic carbocycles. The monoisotopic (exact) mass is 339 g/mol. The Morgan fingerprint density at radius 3 is 2.32 bits per heavy atom. The van der Waals surface area contributed by atoms with Crippen LogP contribution < -0.4 is 14.8 Å². The first-order valence-electron chi connectivity index (χ1n) is 7.22. The fraction of sp³-hybridized carbons (Fsp3) is 0.294. The number of halogens is 2. The third-order valence-corrected chi connectivity index (χ3v) is 3.69. The van der Waals surface area contributed by atoms with Crippen LogP contribution in [0, 0.1) is 0 Å². The quantitative estimate of drug-likeness (QED) is 0.685. The molecule has 0 atom stereocenters. The summed E-state index contributed by atoms with van der Waals surface area (Å²) in [6.45, 7) is 2.94. The lowest BCUT2D eigenvalue weighted by Crippen LogP contribution is -2.23. The molecule has 0 aromatic heterocycles. The standard InChI is InChI=1S/C17H19Cl2NO2/c18-16-8-7-15(13-17(16)19)22-12-10-20-9-4-11-21-14-5-2-1-3-6-14/h1-3,5-8,13,20H,4,9-12H2. The third-order valence-electron chi connectivity index (χ3n) is 2.95. The van der Waals surface area contributed by atoms with Gasteiger partial charge in [-0.1, -0.05) is 41.4 Å². The molecule has 0 saturated heterocycles. The van der Waals surface area contributed by atoms with E-state index in [0.717, 1.165) is 31.0 Å². The van der Waals surface area contributed by atoms with Crippen LogP contribution in [-0.2, 0) is 0 Å². The van der Waals surface area contributed by atoms with E-state index in [1.165, 1.54) is 0 Å². The minimum absolute atomic E-state index is 0.505. The van der Waals surface area contributed by atoms with Crippen LogP contribution in [-0.4, -0.2) is 26.3 Å². The second kappa shape index (κ2) is 9.57. The van der Waals surface area contributed by atoms with Crippen molar-refractivity contribution in [3.8, 4) is 11.5 Å². The summed E-state index contributed by atoms with van der Waals surface area (Å²) in [4.78, 5) is 0. The molecule has 0 aliphatic rings. The molecule has 2 aromatic carbocycles. The number of hydrogen-bond donors (Lipinski definition) is 1. The zero-order chi connectivity index (χ0) is 15.6. The molecule has 0 fully saturated rings. The predicted molar refractivity (Wildman–Crippen MR) is 91.4 cm³/mol. The number of rotatable bonds is 9. The summed E-state index contributed by atoms with van der Waals surface area (Å²) < 4.78 is 11.2. The Hall–Kier alpha value is -1.42. The van der Waals surface area contributed by atoms with Crippen LogP contribution in [0.25, 0.3) is 0 Å². The zero-order valence-corrected chi connectivity index (χ0v) is 13.7. The number of ether oxygens (including phenoxy) is 2. The molecular weight excluding hydrogens is 321 g/mol. The molecule has 2 aromatic rings. The van der Waals surface area contributed by atoms with Crippen molar-refractivity contribution >= 4 is 23.2 Å². The van der Waals surface area contributed by atoms with Gasteiger partial charge in [-0.15, -0.1) is 0 Å². The van der Waals surface area contributed by atoms with E-state index in [1.54, 1.807) is 12.1 Å². The van der Waals surface area contributed by atoms with Gasteiger partial charge in [0.25, 0.3) is 0 Å². The minimum atomic E-state index is 0.505. The summed E-state index contributed by atoms with van der Waals surface area (Å²) in [6.07, 6.45) is 0.946. The maximum absolute atomic E-state index is 5.92. The Bertz CT molecular complexity index is 564. The molecule has 0 amide bonds. The lowest BCUT2D eigenvalue weighted by molar-refractivity contribution is 0.294. The van der Waals surface area contributed by atoms with Gasteiger partial charge in [-0.05, 0) is 37.2 Å². The van der Waals surface area contributed by atoms with Crippen LogP contribution >= 0.6 is 23.2 Å². The maximum Gasteiger partial charge on any atom is 0.120 e. The van der Waals surface area contributed by atoms with E-state index in [-0.39, 0.29) is 0 Å². The van der Waals surface area contributed by atoms with Crippen LogP contribution in [0.4, 0.5) is 0 Å². The van der Waals surface area contributed by atoms with Crippen molar-refractivity contribution in [2.45, 2.75) is 6.42 Å². The number of hydrogen-bond acceptors (Lipinski definition) is 3. The molecule has 1 N–H and O–H groups in total. The highest BCUT2D eigenvalue weighted by molar-refractivity contribution is 6.42. The summed E-state index contributed by atoms with van der Waals surface area (Å²) in [5, 5.41) is 4.34. The van der Waals surface area contributed by atoms with Gasteiger partial charge < -0.3 is 14.8 Å². The molecular formula is C17H19Cl2NO2. The first-order chi connectivity index (χ1) is 10.8.